The summed E-state index contributed by atoms with van der Waals surface area (Å²) >= 11 is 0. The molecule has 0 aromatic rings. The highest BCUT2D eigenvalue weighted by Gasteiger charge is 2.26. The van der Waals surface area contributed by atoms with Gasteiger partial charge in [-0.05, 0) is 70.6 Å². The highest BCUT2D eigenvalue weighted by molar-refractivity contribution is 7.47. The van der Waals surface area contributed by atoms with Crippen molar-refractivity contribution in [3.05, 3.63) is 85.1 Å². The van der Waals surface area contributed by atoms with E-state index in [9.17, 15) is 14.3 Å². The molecule has 0 spiro atoms. The number of likely N-dealkylation sites (N-methyl/N-ethyl adjacent to an activating group) is 1. The molecular formula is C38H65NO7P+. The molecule has 0 heterocycles. The Hall–Kier alpha value is -2.32. The Balaban J connectivity index is 4.02. The molecule has 0 aliphatic carbocycles. The average Bonchev–Trinajstić information content (AvgIpc) is 3.00. The smallest absolute Gasteiger partial charge is 0.457 e. The van der Waals surface area contributed by atoms with Crippen molar-refractivity contribution in [3.63, 3.8) is 0 Å². The van der Waals surface area contributed by atoms with Gasteiger partial charge >= 0.3 is 13.8 Å². The van der Waals surface area contributed by atoms with Crippen LogP contribution in [-0.2, 0) is 27.9 Å². The molecule has 47 heavy (non-hydrogen) atoms. The molecule has 268 valence electrons. The summed E-state index contributed by atoms with van der Waals surface area (Å²) < 4.78 is 34.0. The Bertz CT molecular complexity index is 1020. The number of carbonyl (C=O) groups is 1. The van der Waals surface area contributed by atoms with E-state index in [2.05, 4.69) is 92.0 Å². The fourth-order valence-electron chi connectivity index (χ4n) is 3.80. The number of hydrogen-bond acceptors (Lipinski definition) is 6. The fraction of sp³-hybridized carbons (Fsp3) is 0.605. The molecule has 9 heteroatoms. The van der Waals surface area contributed by atoms with Gasteiger partial charge in [0.05, 0.1) is 34.4 Å². The van der Waals surface area contributed by atoms with Crippen molar-refractivity contribution in [1.82, 2.24) is 0 Å². The minimum atomic E-state index is -4.26. The average molecular weight is 679 g/mol. The third-order valence-electron chi connectivity index (χ3n) is 6.44. The van der Waals surface area contributed by atoms with E-state index in [1.165, 1.54) is 0 Å². The number of allylic oxidation sites excluding steroid dienone is 14. The maximum atomic E-state index is 12.2. The molecule has 0 amide bonds. The summed E-state index contributed by atoms with van der Waals surface area (Å²) in [6.07, 6.45) is 40.6. The molecular weight excluding hydrogens is 613 g/mol. The lowest BCUT2D eigenvalue weighted by Gasteiger charge is -2.24. The van der Waals surface area contributed by atoms with Crippen LogP contribution in [0.3, 0.4) is 0 Å². The zero-order valence-corrected chi connectivity index (χ0v) is 30.9. The van der Waals surface area contributed by atoms with Gasteiger partial charge in [0.25, 0.3) is 0 Å². The van der Waals surface area contributed by atoms with E-state index in [1.807, 2.05) is 28.1 Å². The third kappa shape index (κ3) is 34.8. The van der Waals surface area contributed by atoms with Gasteiger partial charge in [0, 0.05) is 13.0 Å². The van der Waals surface area contributed by atoms with Gasteiger partial charge in [-0.15, -0.1) is 0 Å². The van der Waals surface area contributed by atoms with E-state index in [0.717, 1.165) is 64.2 Å². The normalized spacial score (nSPS) is 15.1. The standard InChI is InChI=1S/C38H64NO7P/c1-6-8-9-10-11-12-13-14-15-16-17-18-19-20-21-22-23-24-25-26-27-28-29-30-33-43-35-37(46-38(40)31-7-2)36-45-47(41,42)44-34-32-39(3,4)5/h8-9,11-12,14-15,17-18,20-21,23-24,26-27,37H,6-7,10,13,16,19,22,25,28-36H2,1-5H3/p+1/b9-8-,12-11-,15-14-,18-17-,21-20-,24-23-,27-26-. The van der Waals surface area contributed by atoms with Gasteiger partial charge in [-0.3, -0.25) is 13.8 Å². The second kappa shape index (κ2) is 31.0. The molecule has 1 N–H and O–H groups in total. The number of ether oxygens (including phenoxy) is 2. The molecule has 0 bridgehead atoms. The number of esters is 1. The first-order valence-electron chi connectivity index (χ1n) is 17.3. The summed E-state index contributed by atoms with van der Waals surface area (Å²) in [6, 6.07) is 0. The molecule has 8 nitrogen and oxygen atoms in total. The molecule has 0 saturated heterocycles. The van der Waals surface area contributed by atoms with Crippen LogP contribution in [-0.4, -0.2) is 75.6 Å². The Morgan fingerprint density at radius 2 is 1.17 bits per heavy atom. The molecule has 0 aliphatic heterocycles. The van der Waals surface area contributed by atoms with Gasteiger partial charge in [0.1, 0.15) is 19.3 Å². The minimum absolute atomic E-state index is 0.0733. The Kier molecular flexibility index (Phi) is 29.4. The van der Waals surface area contributed by atoms with Crippen LogP contribution in [0.2, 0.25) is 0 Å². The number of phosphoric ester groups is 1. The van der Waals surface area contributed by atoms with Crippen LogP contribution in [0.5, 0.6) is 0 Å². The van der Waals surface area contributed by atoms with E-state index in [1.54, 1.807) is 0 Å². The first-order chi connectivity index (χ1) is 22.6. The topological polar surface area (TPSA) is 91.3 Å². The molecule has 0 aromatic heterocycles. The largest absolute Gasteiger partial charge is 0.472 e. The lowest BCUT2D eigenvalue weighted by molar-refractivity contribution is -0.870. The zero-order valence-electron chi connectivity index (χ0n) is 30.0. The van der Waals surface area contributed by atoms with Crippen LogP contribution in [0.4, 0.5) is 0 Å². The van der Waals surface area contributed by atoms with Crippen molar-refractivity contribution in [3.8, 4) is 0 Å². The first-order valence-corrected chi connectivity index (χ1v) is 18.8. The maximum Gasteiger partial charge on any atom is 0.472 e. The zero-order chi connectivity index (χ0) is 34.9. The van der Waals surface area contributed by atoms with Crippen LogP contribution in [0.25, 0.3) is 0 Å². The van der Waals surface area contributed by atoms with Crippen LogP contribution < -0.4 is 0 Å². The number of phosphoric acid groups is 1. The predicted octanol–water partition coefficient (Wildman–Crippen LogP) is 9.37. The van der Waals surface area contributed by atoms with E-state index in [0.29, 0.717) is 24.1 Å². The number of unbranched alkanes of at least 4 members (excludes halogenated alkanes) is 2. The van der Waals surface area contributed by atoms with Crippen molar-refractivity contribution in [2.45, 2.75) is 97.0 Å². The van der Waals surface area contributed by atoms with Gasteiger partial charge in [-0.1, -0.05) is 98.9 Å². The summed E-state index contributed by atoms with van der Waals surface area (Å²) in [7, 11) is 1.61. The number of nitrogens with zero attached hydrogens (tertiary/aromatic N) is 1. The summed E-state index contributed by atoms with van der Waals surface area (Å²) in [5.74, 6) is -0.388. The molecule has 0 aliphatic rings. The van der Waals surface area contributed by atoms with Gasteiger partial charge < -0.3 is 18.9 Å². The quantitative estimate of drug-likeness (QED) is 0.0266. The van der Waals surface area contributed by atoms with Crippen molar-refractivity contribution in [1.29, 1.82) is 0 Å². The summed E-state index contributed by atoms with van der Waals surface area (Å²) in [5, 5.41) is 0. The maximum absolute atomic E-state index is 12.2. The molecule has 0 aromatic carbocycles. The summed E-state index contributed by atoms with van der Waals surface area (Å²) in [6.45, 7) is 4.97. The predicted molar refractivity (Wildman–Crippen MR) is 196 cm³/mol. The Morgan fingerprint density at radius 3 is 1.64 bits per heavy atom. The number of rotatable bonds is 30. The first kappa shape index (κ1) is 44.7. The Morgan fingerprint density at radius 1 is 0.681 bits per heavy atom. The highest BCUT2D eigenvalue weighted by Crippen LogP contribution is 2.43. The van der Waals surface area contributed by atoms with Crippen LogP contribution in [0.1, 0.15) is 90.9 Å². The van der Waals surface area contributed by atoms with Crippen LogP contribution in [0, 0.1) is 0 Å². The van der Waals surface area contributed by atoms with Gasteiger partial charge in [0.15, 0.2) is 0 Å². The van der Waals surface area contributed by atoms with Crippen LogP contribution in [0.15, 0.2) is 85.1 Å². The van der Waals surface area contributed by atoms with E-state index in [-0.39, 0.29) is 32.2 Å². The SMILES string of the molecule is CC/C=C\C/C=C\C/C=C\C/C=C\C/C=C\C/C=C\C/C=C\CCCCOCC(COP(=O)(O)OCC[N+](C)(C)C)OC(=O)CCC. The lowest BCUT2D eigenvalue weighted by atomic mass is 10.2. The molecule has 2 unspecified atom stereocenters. The molecule has 0 radical (unpaired) electrons. The number of carbonyl (C=O) groups excluding carboxylic acids is 1. The second-order valence-electron chi connectivity index (χ2n) is 12.2. The van der Waals surface area contributed by atoms with Gasteiger partial charge in [-0.2, -0.15) is 0 Å². The number of hydrogen-bond donors (Lipinski definition) is 1. The fourth-order valence-corrected chi connectivity index (χ4v) is 4.54. The van der Waals surface area contributed by atoms with Gasteiger partial charge in [-0.25, -0.2) is 4.57 Å². The van der Waals surface area contributed by atoms with E-state index < -0.39 is 13.9 Å². The molecule has 2 atom stereocenters. The summed E-state index contributed by atoms with van der Waals surface area (Å²) in [4.78, 5) is 22.0. The van der Waals surface area contributed by atoms with E-state index >= 15 is 0 Å². The second-order valence-corrected chi connectivity index (χ2v) is 13.6. The van der Waals surface area contributed by atoms with Crippen molar-refractivity contribution < 1.29 is 37.3 Å². The molecule has 0 rings (SSSR count). The Labute approximate surface area is 286 Å². The minimum Gasteiger partial charge on any atom is -0.457 e. The third-order valence-corrected chi connectivity index (χ3v) is 7.43. The summed E-state index contributed by atoms with van der Waals surface area (Å²) in [5.41, 5.74) is 0. The molecule has 0 fully saturated rings. The molecule has 0 saturated carbocycles. The van der Waals surface area contributed by atoms with Crippen molar-refractivity contribution >= 4 is 13.8 Å². The monoisotopic (exact) mass is 678 g/mol. The van der Waals surface area contributed by atoms with Crippen LogP contribution >= 0.6 is 7.82 Å². The van der Waals surface area contributed by atoms with Gasteiger partial charge in [0.2, 0.25) is 0 Å². The number of quaternary nitrogens is 1. The van der Waals surface area contributed by atoms with E-state index in [4.69, 9.17) is 18.5 Å². The highest BCUT2D eigenvalue weighted by atomic mass is 31.2. The van der Waals surface area contributed by atoms with Crippen molar-refractivity contribution in [2.24, 2.45) is 0 Å². The lowest BCUT2D eigenvalue weighted by Crippen LogP contribution is -2.37. The van der Waals surface area contributed by atoms with Crippen molar-refractivity contribution in [2.75, 3.05) is 54.1 Å².